The summed E-state index contributed by atoms with van der Waals surface area (Å²) in [5.74, 6) is 6.61. The third kappa shape index (κ3) is 6.89. The van der Waals surface area contributed by atoms with Crippen LogP contribution in [0.1, 0.15) is 104 Å². The fourth-order valence-electron chi connectivity index (χ4n) is 5.33. The number of rotatable bonds is 15. The lowest BCUT2D eigenvalue weighted by atomic mass is 10.0. The Bertz CT molecular complexity index is 432. The zero-order chi connectivity index (χ0) is 18.4. The van der Waals surface area contributed by atoms with Gasteiger partial charge in [0.25, 0.3) is 0 Å². The third-order valence-electron chi connectivity index (χ3n) is 7.51. The minimum Gasteiger partial charge on any atom is -0.466 e. The van der Waals surface area contributed by atoms with Crippen LogP contribution in [0.3, 0.4) is 0 Å². The lowest BCUT2D eigenvalue weighted by Crippen LogP contribution is -2.03. The molecule has 150 valence electrons. The van der Waals surface area contributed by atoms with Gasteiger partial charge in [-0.25, -0.2) is 0 Å². The fourth-order valence-corrected chi connectivity index (χ4v) is 5.33. The lowest BCUT2D eigenvalue weighted by molar-refractivity contribution is -0.143. The molecule has 3 rings (SSSR count). The van der Waals surface area contributed by atoms with E-state index in [1.165, 1.54) is 44.9 Å². The molecule has 3 aliphatic rings. The van der Waals surface area contributed by atoms with Crippen molar-refractivity contribution in [1.29, 1.82) is 0 Å². The molecule has 0 spiro atoms. The van der Waals surface area contributed by atoms with Crippen LogP contribution in [0.5, 0.6) is 0 Å². The number of unbranched alkanes of at least 4 members (excludes halogenated alkanes) is 4. The molecule has 3 saturated carbocycles. The van der Waals surface area contributed by atoms with E-state index in [2.05, 4.69) is 6.92 Å². The molecule has 2 nitrogen and oxygen atoms in total. The molecule has 6 unspecified atom stereocenters. The van der Waals surface area contributed by atoms with Gasteiger partial charge in [-0.2, -0.15) is 0 Å². The van der Waals surface area contributed by atoms with Gasteiger partial charge in [-0.1, -0.05) is 45.4 Å². The molecule has 0 saturated heterocycles. The van der Waals surface area contributed by atoms with Gasteiger partial charge in [0, 0.05) is 6.42 Å². The summed E-state index contributed by atoms with van der Waals surface area (Å²) in [6.45, 7) is 4.76. The largest absolute Gasteiger partial charge is 0.466 e. The van der Waals surface area contributed by atoms with E-state index >= 15 is 0 Å². The Morgan fingerprint density at radius 1 is 0.731 bits per heavy atom. The third-order valence-corrected chi connectivity index (χ3v) is 7.51. The van der Waals surface area contributed by atoms with Crippen molar-refractivity contribution in [3.05, 3.63) is 0 Å². The second-order valence-corrected chi connectivity index (χ2v) is 9.60. The van der Waals surface area contributed by atoms with Crippen molar-refractivity contribution in [3.63, 3.8) is 0 Å². The van der Waals surface area contributed by atoms with Gasteiger partial charge in [0.15, 0.2) is 0 Å². The molecule has 3 fully saturated rings. The molecule has 26 heavy (non-hydrogen) atoms. The van der Waals surface area contributed by atoms with E-state index < -0.39 is 0 Å². The Kier molecular flexibility index (Phi) is 7.88. The molecule has 0 amide bonds. The molecular weight excluding hydrogens is 320 g/mol. The molecule has 0 aromatic rings. The van der Waals surface area contributed by atoms with Gasteiger partial charge in [-0.05, 0) is 87.4 Å². The Hall–Kier alpha value is -0.530. The second kappa shape index (κ2) is 10.1. The van der Waals surface area contributed by atoms with Gasteiger partial charge in [-0.3, -0.25) is 4.79 Å². The van der Waals surface area contributed by atoms with Crippen molar-refractivity contribution >= 4 is 5.97 Å². The van der Waals surface area contributed by atoms with Crippen LogP contribution in [0.15, 0.2) is 0 Å². The Morgan fingerprint density at radius 3 is 1.96 bits per heavy atom. The Morgan fingerprint density at radius 2 is 1.31 bits per heavy atom. The topological polar surface area (TPSA) is 26.3 Å². The van der Waals surface area contributed by atoms with Gasteiger partial charge >= 0.3 is 5.97 Å². The molecule has 2 heteroatoms. The van der Waals surface area contributed by atoms with Crippen molar-refractivity contribution < 1.29 is 9.53 Å². The quantitative estimate of drug-likeness (QED) is 0.237. The second-order valence-electron chi connectivity index (χ2n) is 9.60. The normalized spacial score (nSPS) is 34.5. The summed E-state index contributed by atoms with van der Waals surface area (Å²) >= 11 is 0. The van der Waals surface area contributed by atoms with Gasteiger partial charge in [0.2, 0.25) is 0 Å². The van der Waals surface area contributed by atoms with Gasteiger partial charge in [0.05, 0.1) is 6.61 Å². The molecule has 0 aromatic carbocycles. The van der Waals surface area contributed by atoms with E-state index in [0.29, 0.717) is 13.0 Å². The highest BCUT2D eigenvalue weighted by Crippen LogP contribution is 2.56. The number of esters is 1. The van der Waals surface area contributed by atoms with Gasteiger partial charge < -0.3 is 4.74 Å². The van der Waals surface area contributed by atoms with Crippen LogP contribution in [0.4, 0.5) is 0 Å². The van der Waals surface area contributed by atoms with Gasteiger partial charge in [-0.15, -0.1) is 0 Å². The highest BCUT2D eigenvalue weighted by Gasteiger charge is 2.45. The minimum atomic E-state index is -0.0194. The van der Waals surface area contributed by atoms with Crippen molar-refractivity contribution in [1.82, 2.24) is 0 Å². The van der Waals surface area contributed by atoms with E-state index in [4.69, 9.17) is 4.74 Å². The first-order chi connectivity index (χ1) is 12.7. The molecule has 6 atom stereocenters. The smallest absolute Gasteiger partial charge is 0.305 e. The van der Waals surface area contributed by atoms with E-state index in [0.717, 1.165) is 41.9 Å². The number of hydrogen-bond donors (Lipinski definition) is 0. The zero-order valence-electron chi connectivity index (χ0n) is 17.4. The van der Waals surface area contributed by atoms with Crippen molar-refractivity contribution in [2.24, 2.45) is 35.5 Å². The summed E-state index contributed by atoms with van der Waals surface area (Å²) in [4.78, 5) is 11.3. The summed E-state index contributed by atoms with van der Waals surface area (Å²) in [5, 5.41) is 0. The summed E-state index contributed by atoms with van der Waals surface area (Å²) in [5.41, 5.74) is 0. The van der Waals surface area contributed by atoms with Crippen LogP contribution in [0.25, 0.3) is 0 Å². The lowest BCUT2D eigenvalue weighted by Gasteiger charge is -2.03. The molecule has 3 aliphatic carbocycles. The van der Waals surface area contributed by atoms with Crippen molar-refractivity contribution in [2.75, 3.05) is 6.61 Å². The summed E-state index contributed by atoms with van der Waals surface area (Å²) in [6.07, 6.45) is 19.1. The van der Waals surface area contributed by atoms with Crippen LogP contribution in [0.2, 0.25) is 0 Å². The molecule has 0 radical (unpaired) electrons. The Balaban J connectivity index is 1.09. The average molecular weight is 363 g/mol. The average Bonchev–Trinajstić information content (AvgIpc) is 3.51. The molecule has 0 heterocycles. The Labute approximate surface area is 161 Å². The summed E-state index contributed by atoms with van der Waals surface area (Å²) < 4.78 is 4.97. The molecule has 0 aromatic heterocycles. The van der Waals surface area contributed by atoms with E-state index in [-0.39, 0.29) is 5.97 Å². The molecule has 0 aliphatic heterocycles. The zero-order valence-corrected chi connectivity index (χ0v) is 17.4. The maximum absolute atomic E-state index is 11.3. The standard InChI is InChI=1S/C24H42O2/c1-3-18-14-20(18)12-13-21-16-23(21)17-22-15-19(22)10-8-6-5-7-9-11-24(25)26-4-2/h18-23H,3-17H2,1-2H3. The molecular formula is C24H42O2. The number of hydrogen-bond acceptors (Lipinski definition) is 2. The highest BCUT2D eigenvalue weighted by molar-refractivity contribution is 5.69. The molecule has 0 N–H and O–H groups in total. The number of carbonyl (C=O) groups excluding carboxylic acids is 1. The van der Waals surface area contributed by atoms with E-state index in [1.807, 2.05) is 6.92 Å². The number of ether oxygens (including phenoxy) is 1. The monoisotopic (exact) mass is 362 g/mol. The maximum atomic E-state index is 11.3. The van der Waals surface area contributed by atoms with Gasteiger partial charge in [0.1, 0.15) is 0 Å². The number of carbonyl (C=O) groups is 1. The summed E-state index contributed by atoms with van der Waals surface area (Å²) in [6, 6.07) is 0. The highest BCUT2D eigenvalue weighted by atomic mass is 16.5. The first-order valence-electron chi connectivity index (χ1n) is 11.9. The van der Waals surface area contributed by atoms with Crippen LogP contribution in [-0.2, 0) is 9.53 Å². The van der Waals surface area contributed by atoms with E-state index in [1.54, 1.807) is 32.1 Å². The van der Waals surface area contributed by atoms with Crippen LogP contribution >= 0.6 is 0 Å². The van der Waals surface area contributed by atoms with Crippen molar-refractivity contribution in [2.45, 2.75) is 104 Å². The minimum absolute atomic E-state index is 0.0194. The fraction of sp³-hybridized carbons (Fsp3) is 0.958. The predicted octanol–water partition coefficient (Wildman–Crippen LogP) is 6.77. The van der Waals surface area contributed by atoms with E-state index in [9.17, 15) is 4.79 Å². The summed E-state index contributed by atoms with van der Waals surface area (Å²) in [7, 11) is 0. The van der Waals surface area contributed by atoms with Crippen LogP contribution in [-0.4, -0.2) is 12.6 Å². The SMILES string of the molecule is CCOC(=O)CCCCCCCC1CC1CC1CC1CCC1CC1CC. The van der Waals surface area contributed by atoms with Crippen LogP contribution in [0, 0.1) is 35.5 Å². The first kappa shape index (κ1) is 20.2. The maximum Gasteiger partial charge on any atom is 0.305 e. The van der Waals surface area contributed by atoms with Crippen molar-refractivity contribution in [3.8, 4) is 0 Å². The van der Waals surface area contributed by atoms with Crippen LogP contribution < -0.4 is 0 Å². The first-order valence-corrected chi connectivity index (χ1v) is 11.9. The predicted molar refractivity (Wildman–Crippen MR) is 108 cm³/mol. The molecule has 0 bridgehead atoms.